The van der Waals surface area contributed by atoms with Crippen LogP contribution in [0.1, 0.15) is 232 Å². The molecule has 9 aromatic rings. The van der Waals surface area contributed by atoms with Crippen molar-refractivity contribution < 1.29 is 58.5 Å². The molecule has 714 valence electrons. The number of carbonyl (C=O) groups is 9. The van der Waals surface area contributed by atoms with Crippen LogP contribution >= 0.6 is 0 Å². The Labute approximate surface area is 799 Å². The van der Waals surface area contributed by atoms with Gasteiger partial charge in [-0.25, -0.2) is 15.0 Å². The molecule has 0 spiro atoms. The van der Waals surface area contributed by atoms with E-state index in [-0.39, 0.29) is 91.0 Å². The number of likely N-dealkylation sites (N-methyl/N-ethyl adjacent to an activating group) is 1. The van der Waals surface area contributed by atoms with E-state index in [1.165, 1.54) is 0 Å². The van der Waals surface area contributed by atoms with Crippen molar-refractivity contribution in [3.8, 4) is 37.0 Å². The Morgan fingerprint density at radius 2 is 0.519 bits per heavy atom. The summed E-state index contributed by atoms with van der Waals surface area (Å²) in [4.78, 5) is 125. The molecule has 0 saturated carbocycles. The van der Waals surface area contributed by atoms with E-state index >= 15 is 0 Å². The number of unbranched alkanes of at least 4 members (excludes halogenated alkanes) is 1. The number of carbonyl (C=O) groups excluding carboxylic acids is 9. The van der Waals surface area contributed by atoms with Gasteiger partial charge in [-0.2, -0.15) is 0 Å². The summed E-state index contributed by atoms with van der Waals surface area (Å²) in [5, 5.41) is 48.5. The molecule has 9 amide bonds. The van der Waals surface area contributed by atoms with Gasteiger partial charge in [0.2, 0.25) is 17.7 Å². The third kappa shape index (κ3) is 37.9. The Balaban J connectivity index is 0.000000276. The second-order valence-electron chi connectivity index (χ2n) is 33.6. The lowest BCUT2D eigenvalue weighted by Gasteiger charge is -2.30. The number of nitrogens with one attached hydrogen (secondary N) is 6. The summed E-state index contributed by atoms with van der Waals surface area (Å²) in [6.45, 7) is 23.5. The number of aliphatic hydroxyl groups excluding tert-OH is 3. The van der Waals surface area contributed by atoms with Crippen molar-refractivity contribution in [2.75, 3.05) is 78.5 Å². The molecular weight excluding hydrogens is 1690 g/mol. The van der Waals surface area contributed by atoms with Crippen molar-refractivity contribution in [1.29, 1.82) is 0 Å². The van der Waals surface area contributed by atoms with E-state index in [0.29, 0.717) is 112 Å². The zero-order valence-corrected chi connectivity index (χ0v) is 80.0. The number of amides is 9. The lowest BCUT2D eigenvalue weighted by atomic mass is 9.99. The molecule has 0 radical (unpaired) electrons. The van der Waals surface area contributed by atoms with Crippen LogP contribution in [0.2, 0.25) is 0 Å². The van der Waals surface area contributed by atoms with Crippen molar-refractivity contribution in [2.45, 2.75) is 195 Å². The maximum Gasteiger partial charge on any atom is 0.253 e. The van der Waals surface area contributed by atoms with Crippen molar-refractivity contribution in [3.63, 3.8) is 0 Å². The molecule has 6 atom stereocenters. The first-order chi connectivity index (χ1) is 65.3. The van der Waals surface area contributed by atoms with Crippen LogP contribution in [-0.4, -0.2) is 213 Å². The summed E-state index contributed by atoms with van der Waals surface area (Å²) in [5.41, 5.74) is 17.3. The Morgan fingerprint density at radius 3 is 0.756 bits per heavy atom. The van der Waals surface area contributed by atoms with E-state index in [1.807, 2.05) is 237 Å². The van der Waals surface area contributed by atoms with Crippen LogP contribution in [0.3, 0.4) is 0 Å². The molecule has 0 aromatic heterocycles. The summed E-state index contributed by atoms with van der Waals surface area (Å²) in [6, 6.07) is 69.3. The standard InChI is InChI=1S/C38H48N4O4.C37H46N4O4.C36H44N4O4/c1-5-9-22-42(40-36(44)26-31-18-14-11-15-19-31)28-35(43)34(25-30-16-12-10-13-17-30)39-37(45)32-23-29(8-4)24-33(27-32)38(46)41(20-6-2)21-7-3;1-5-19-40(20-6-2)37(45)32-23-28(8-4)22-31(26-32)36(44)38-33(24-29-15-11-9-12-16-29)34(42)27-41(21-7-3)39-35(43)25-30-17-13-10-14-18-30;1-5-19-39(20-6-2)36(44)31-22-27(7-3)21-30(25-31)35(43)37-32(23-28-15-11-9-12-16-28)33(41)26-40(8-4)38-34(42)24-29-17-13-10-14-18-29/h4,10-19,23-24,27,34-35,43H,5-7,9,20-22,25-26,28H2,1-3H3,(H,39,45)(H,40,44);4,9-18,22-23,26,33-34,42H,5-7,19-21,24-25,27H2,1-3H3,(H,38,44)(H,39,43);3,9-18,21-22,25,32-33,41H,5-6,8,19-20,23-24,26H2,1-2,4H3,(H,37,43)(H,38,42). The number of aliphatic hydroxyl groups is 3. The molecule has 24 heteroatoms. The summed E-state index contributed by atoms with van der Waals surface area (Å²) >= 11 is 0. The summed E-state index contributed by atoms with van der Waals surface area (Å²) in [7, 11) is 0. The largest absolute Gasteiger partial charge is 0.390 e. The lowest BCUT2D eigenvalue weighted by molar-refractivity contribution is -0.127. The van der Waals surface area contributed by atoms with Crippen molar-refractivity contribution in [3.05, 3.63) is 320 Å². The maximum atomic E-state index is 13.8. The minimum atomic E-state index is -1.03. The molecule has 135 heavy (non-hydrogen) atoms. The van der Waals surface area contributed by atoms with Gasteiger partial charge in [0, 0.05) is 129 Å². The summed E-state index contributed by atoms with van der Waals surface area (Å²) in [6.07, 6.45) is 23.1. The quantitative estimate of drug-likeness (QED) is 0.0126. The SMILES string of the molecule is C#Cc1cc(C(=O)NC(Cc2ccccc2)C(O)CN(CC)NC(=O)Cc2ccccc2)cc(C(=O)N(CCC)CCC)c1.C#Cc1cc(C(=O)NC(Cc2ccccc2)C(O)CN(CCC)NC(=O)Cc2ccccc2)cc(C(=O)N(CCC)CCC)c1.C#Cc1cc(C(=O)NC(Cc2ccccc2)C(O)CN(CCCC)NC(=O)Cc2ccccc2)cc(C(=O)N(CCC)CCC)c1. The Morgan fingerprint density at radius 1 is 0.289 bits per heavy atom. The molecular formula is C111H138N12O12. The Kier molecular flexibility index (Phi) is 48.3. The molecule has 6 unspecified atom stereocenters. The number of benzene rings is 9. The molecule has 9 rings (SSSR count). The Bertz CT molecular complexity index is 5280. The molecule has 9 aromatic carbocycles. The second kappa shape index (κ2) is 60.0. The van der Waals surface area contributed by atoms with Gasteiger partial charge in [0.1, 0.15) is 0 Å². The highest BCUT2D eigenvalue weighted by Gasteiger charge is 2.32. The first-order valence-corrected chi connectivity index (χ1v) is 47.4. The monoisotopic (exact) mass is 1830 g/mol. The molecule has 0 heterocycles. The van der Waals surface area contributed by atoms with E-state index in [0.717, 1.165) is 91.2 Å². The zero-order chi connectivity index (χ0) is 97.8. The van der Waals surface area contributed by atoms with Crippen molar-refractivity contribution >= 4 is 53.2 Å². The van der Waals surface area contributed by atoms with Gasteiger partial charge in [0.25, 0.3) is 35.4 Å². The number of nitrogens with zero attached hydrogens (tertiary/aromatic N) is 6. The van der Waals surface area contributed by atoms with Crippen LogP contribution in [0.4, 0.5) is 0 Å². The van der Waals surface area contributed by atoms with E-state index in [9.17, 15) is 58.5 Å². The molecule has 9 N–H and O–H groups in total. The van der Waals surface area contributed by atoms with Crippen LogP contribution in [0.5, 0.6) is 0 Å². The van der Waals surface area contributed by atoms with Crippen molar-refractivity contribution in [2.24, 2.45) is 0 Å². The molecule has 0 aliphatic rings. The van der Waals surface area contributed by atoms with Gasteiger partial charge in [-0.1, -0.05) is 268 Å². The molecule has 24 nitrogen and oxygen atoms in total. The third-order valence-electron chi connectivity index (χ3n) is 22.2. The van der Waals surface area contributed by atoms with E-state index < -0.39 is 54.2 Å². The van der Waals surface area contributed by atoms with Crippen LogP contribution in [-0.2, 0) is 52.9 Å². The fourth-order valence-corrected chi connectivity index (χ4v) is 15.5. The number of rotatable bonds is 51. The van der Waals surface area contributed by atoms with E-state index in [2.05, 4.69) is 56.9 Å². The first kappa shape index (κ1) is 109. The summed E-state index contributed by atoms with van der Waals surface area (Å²) in [5.74, 6) is 5.26. The predicted molar refractivity (Wildman–Crippen MR) is 535 cm³/mol. The van der Waals surface area contributed by atoms with Crippen LogP contribution in [0, 0.1) is 37.0 Å². The van der Waals surface area contributed by atoms with Gasteiger partial charge in [-0.05, 0) is 159 Å². The normalized spacial score (nSPS) is 12.2. The van der Waals surface area contributed by atoms with Crippen LogP contribution < -0.4 is 32.2 Å². The predicted octanol–water partition coefficient (Wildman–Crippen LogP) is 13.9. The number of hydrazine groups is 3. The third-order valence-corrected chi connectivity index (χ3v) is 22.2. The zero-order valence-electron chi connectivity index (χ0n) is 80.0. The molecule has 0 fully saturated rings. The van der Waals surface area contributed by atoms with Gasteiger partial charge in [0.05, 0.1) is 55.7 Å². The van der Waals surface area contributed by atoms with Crippen LogP contribution in [0.25, 0.3) is 0 Å². The number of terminal acetylenes is 3. The fourth-order valence-electron chi connectivity index (χ4n) is 15.5. The smallest absolute Gasteiger partial charge is 0.253 e. The highest BCUT2D eigenvalue weighted by atomic mass is 16.3. The van der Waals surface area contributed by atoms with Crippen LogP contribution in [0.15, 0.2) is 237 Å². The average molecular weight is 1830 g/mol. The highest BCUT2D eigenvalue weighted by Crippen LogP contribution is 2.22. The first-order valence-electron chi connectivity index (χ1n) is 47.4. The van der Waals surface area contributed by atoms with Gasteiger partial charge in [0.15, 0.2) is 0 Å². The molecule has 0 aliphatic heterocycles. The minimum Gasteiger partial charge on any atom is -0.390 e. The van der Waals surface area contributed by atoms with Gasteiger partial charge < -0.3 is 46.0 Å². The molecule has 0 aliphatic carbocycles. The summed E-state index contributed by atoms with van der Waals surface area (Å²) < 4.78 is 0. The Hall–Kier alpha value is -13.4. The maximum absolute atomic E-state index is 13.8. The number of hydrogen-bond donors (Lipinski definition) is 9. The number of hydrogen-bond acceptors (Lipinski definition) is 15. The second-order valence-corrected chi connectivity index (χ2v) is 33.6. The molecule has 0 bridgehead atoms. The van der Waals surface area contributed by atoms with Gasteiger partial charge >= 0.3 is 0 Å². The molecule has 0 saturated heterocycles. The van der Waals surface area contributed by atoms with Gasteiger partial charge in [-0.3, -0.25) is 59.4 Å². The lowest BCUT2D eigenvalue weighted by Crippen LogP contribution is -2.53. The fraction of sp³-hybridized carbons (Fsp3) is 0.378. The highest BCUT2D eigenvalue weighted by molar-refractivity contribution is 6.03. The topological polar surface area (TPSA) is 306 Å². The van der Waals surface area contributed by atoms with E-state index in [4.69, 9.17) is 19.3 Å². The average Bonchev–Trinajstić information content (AvgIpc) is 0.826. The van der Waals surface area contributed by atoms with Gasteiger partial charge in [-0.15, -0.1) is 19.3 Å². The van der Waals surface area contributed by atoms with Crippen molar-refractivity contribution in [1.82, 2.24) is 62.0 Å². The minimum absolute atomic E-state index is 0.0892. The van der Waals surface area contributed by atoms with E-state index in [1.54, 1.807) is 84.3 Å².